The summed E-state index contributed by atoms with van der Waals surface area (Å²) in [5.41, 5.74) is 5.44. The average molecular weight is 566 g/mol. The lowest BCUT2D eigenvalue weighted by Gasteiger charge is -2.23. The van der Waals surface area contributed by atoms with Gasteiger partial charge in [0, 0.05) is 24.7 Å². The van der Waals surface area contributed by atoms with Crippen LogP contribution in [0.5, 0.6) is 0 Å². The molecule has 0 amide bonds. The largest absolute Gasteiger partial charge is 1.00 e. The van der Waals surface area contributed by atoms with Gasteiger partial charge < -0.3 is 33.8 Å². The van der Waals surface area contributed by atoms with Crippen LogP contribution in [0.3, 0.4) is 0 Å². The van der Waals surface area contributed by atoms with Crippen molar-refractivity contribution in [2.75, 3.05) is 16.3 Å². The van der Waals surface area contributed by atoms with E-state index in [1.165, 1.54) is 48.8 Å². The van der Waals surface area contributed by atoms with E-state index in [1.54, 1.807) is 0 Å². The third-order valence-electron chi connectivity index (χ3n) is 6.82. The highest BCUT2D eigenvalue weighted by Crippen LogP contribution is 2.50. The summed E-state index contributed by atoms with van der Waals surface area (Å²) in [6.07, 6.45) is 5.78. The lowest BCUT2D eigenvalue weighted by molar-refractivity contribution is -0.665. The Balaban J connectivity index is 0.00000228. The number of rotatable bonds is 4. The van der Waals surface area contributed by atoms with E-state index in [0.717, 1.165) is 19.5 Å². The number of aryl methyl sites for hydroxylation is 1. The highest BCUT2D eigenvalue weighted by molar-refractivity contribution is 7.18. The van der Waals surface area contributed by atoms with E-state index in [0.29, 0.717) is 6.04 Å². The molecule has 0 N–H and O–H groups in total. The van der Waals surface area contributed by atoms with Crippen LogP contribution in [0.2, 0.25) is 0 Å². The van der Waals surface area contributed by atoms with Crippen molar-refractivity contribution in [2.45, 2.75) is 39.8 Å². The second-order valence-electron chi connectivity index (χ2n) is 8.69. The SMILES string of the molecule is CCN1C2=C(C=Cc3sc4ccccc4[n+]3CC)CC(C)N2c2cc3ccccc3cc21.[I-]. The van der Waals surface area contributed by atoms with E-state index < -0.39 is 0 Å². The van der Waals surface area contributed by atoms with Gasteiger partial charge in [0.1, 0.15) is 17.1 Å². The Labute approximate surface area is 216 Å². The van der Waals surface area contributed by atoms with Crippen LogP contribution < -0.4 is 38.3 Å². The molecule has 3 heterocycles. The topological polar surface area (TPSA) is 10.4 Å². The predicted octanol–water partition coefficient (Wildman–Crippen LogP) is 3.73. The molecule has 3 nitrogen and oxygen atoms in total. The molecule has 0 radical (unpaired) electrons. The molecule has 1 unspecified atom stereocenters. The van der Waals surface area contributed by atoms with Gasteiger partial charge in [-0.25, -0.2) is 0 Å². The first-order valence-electron chi connectivity index (χ1n) is 11.6. The van der Waals surface area contributed by atoms with Crippen molar-refractivity contribution in [1.29, 1.82) is 0 Å². The van der Waals surface area contributed by atoms with Gasteiger partial charge in [-0.15, -0.1) is 0 Å². The fourth-order valence-electron chi connectivity index (χ4n) is 5.40. The van der Waals surface area contributed by atoms with E-state index in [2.05, 4.69) is 108 Å². The lowest BCUT2D eigenvalue weighted by atomic mass is 10.1. The number of halogens is 1. The minimum atomic E-state index is 0. The molecule has 1 aromatic heterocycles. The highest BCUT2D eigenvalue weighted by atomic mass is 127. The molecule has 0 fully saturated rings. The second kappa shape index (κ2) is 8.76. The Hall–Kier alpha value is -2.38. The van der Waals surface area contributed by atoms with Crippen molar-refractivity contribution in [2.24, 2.45) is 0 Å². The summed E-state index contributed by atoms with van der Waals surface area (Å²) < 4.78 is 3.77. The zero-order valence-corrected chi connectivity index (χ0v) is 22.2. The van der Waals surface area contributed by atoms with E-state index in [4.69, 9.17) is 0 Å². The zero-order chi connectivity index (χ0) is 21.8. The molecule has 168 valence electrons. The number of thiazole rings is 1. The Morgan fingerprint density at radius 3 is 2.39 bits per heavy atom. The summed E-state index contributed by atoms with van der Waals surface area (Å²) in [4.78, 5) is 5.06. The molecule has 0 saturated heterocycles. The van der Waals surface area contributed by atoms with Crippen LogP contribution >= 0.6 is 11.3 Å². The summed E-state index contributed by atoms with van der Waals surface area (Å²) in [7, 11) is 0. The maximum atomic E-state index is 2.56. The van der Waals surface area contributed by atoms with Crippen LogP contribution in [-0.2, 0) is 6.54 Å². The Kier molecular flexibility index (Phi) is 5.95. The number of benzene rings is 3. The zero-order valence-electron chi connectivity index (χ0n) is 19.3. The Morgan fingerprint density at radius 1 is 0.970 bits per heavy atom. The summed E-state index contributed by atoms with van der Waals surface area (Å²) in [5.74, 6) is 1.37. The fraction of sp³-hybridized carbons (Fsp3) is 0.250. The van der Waals surface area contributed by atoms with Crippen molar-refractivity contribution in [3.05, 3.63) is 83.1 Å². The van der Waals surface area contributed by atoms with Gasteiger partial charge in [0.25, 0.3) is 5.01 Å². The first-order valence-corrected chi connectivity index (χ1v) is 12.4. The number of aromatic nitrogens is 1. The predicted molar refractivity (Wildman–Crippen MR) is 137 cm³/mol. The maximum Gasteiger partial charge on any atom is 0.262 e. The molecular weight excluding hydrogens is 537 g/mol. The molecule has 6 rings (SSSR count). The van der Waals surface area contributed by atoms with E-state index in [-0.39, 0.29) is 24.0 Å². The van der Waals surface area contributed by atoms with Gasteiger partial charge in [-0.2, -0.15) is 4.57 Å². The minimum absolute atomic E-state index is 0. The normalized spacial score (nSPS) is 17.4. The molecule has 0 aliphatic carbocycles. The number of fused-ring (bicyclic) bond motifs is 5. The van der Waals surface area contributed by atoms with Gasteiger partial charge in [0.15, 0.2) is 0 Å². The van der Waals surface area contributed by atoms with E-state index in [9.17, 15) is 0 Å². The molecule has 3 aromatic carbocycles. The summed E-state index contributed by atoms with van der Waals surface area (Å²) in [6, 6.07) is 22.6. The van der Waals surface area contributed by atoms with Gasteiger partial charge in [-0.3, -0.25) is 0 Å². The molecule has 0 spiro atoms. The summed E-state index contributed by atoms with van der Waals surface area (Å²) >= 11 is 1.88. The second-order valence-corrected chi connectivity index (χ2v) is 9.75. The van der Waals surface area contributed by atoms with Crippen molar-refractivity contribution >= 4 is 49.8 Å². The first-order chi connectivity index (χ1) is 15.7. The molecule has 2 aliphatic heterocycles. The van der Waals surface area contributed by atoms with Gasteiger partial charge in [-0.1, -0.05) is 47.7 Å². The highest BCUT2D eigenvalue weighted by Gasteiger charge is 2.40. The minimum Gasteiger partial charge on any atom is -1.00 e. The third kappa shape index (κ3) is 3.48. The Morgan fingerprint density at radius 2 is 1.67 bits per heavy atom. The lowest BCUT2D eigenvalue weighted by Crippen LogP contribution is -3.00. The number of hydrogen-bond acceptors (Lipinski definition) is 3. The van der Waals surface area contributed by atoms with Crippen molar-refractivity contribution in [1.82, 2.24) is 0 Å². The van der Waals surface area contributed by atoms with Crippen LogP contribution in [0.15, 0.2) is 78.1 Å². The van der Waals surface area contributed by atoms with Crippen molar-refractivity contribution in [3.63, 3.8) is 0 Å². The molecule has 5 heteroatoms. The monoisotopic (exact) mass is 565 g/mol. The van der Waals surface area contributed by atoms with Crippen molar-refractivity contribution < 1.29 is 28.5 Å². The van der Waals surface area contributed by atoms with Crippen LogP contribution in [0.4, 0.5) is 11.4 Å². The van der Waals surface area contributed by atoms with Crippen LogP contribution in [0, 0.1) is 0 Å². The van der Waals surface area contributed by atoms with Crippen LogP contribution in [-0.4, -0.2) is 12.6 Å². The third-order valence-corrected chi connectivity index (χ3v) is 7.95. The molecule has 2 aliphatic rings. The number of anilines is 2. The van der Waals surface area contributed by atoms with E-state index in [1.807, 2.05) is 11.3 Å². The first kappa shape index (κ1) is 22.4. The van der Waals surface area contributed by atoms with Gasteiger partial charge in [0.05, 0.1) is 11.4 Å². The fourth-order valence-corrected chi connectivity index (χ4v) is 6.52. The Bertz CT molecular complexity index is 1420. The van der Waals surface area contributed by atoms with Crippen LogP contribution in [0.25, 0.3) is 27.1 Å². The summed E-state index contributed by atoms with van der Waals surface area (Å²) in [5, 5.41) is 3.94. The number of nitrogens with zero attached hydrogens (tertiary/aromatic N) is 3. The van der Waals surface area contributed by atoms with Gasteiger partial charge in [0.2, 0.25) is 5.52 Å². The molecule has 4 aromatic rings. The number of para-hydroxylation sites is 1. The number of allylic oxidation sites excluding steroid dienone is 1. The maximum absolute atomic E-state index is 2.56. The summed E-state index contributed by atoms with van der Waals surface area (Å²) in [6.45, 7) is 8.80. The van der Waals surface area contributed by atoms with Gasteiger partial charge in [-0.05, 0) is 67.8 Å². The molecule has 1 atom stereocenters. The van der Waals surface area contributed by atoms with E-state index >= 15 is 0 Å². The molecule has 0 bridgehead atoms. The number of hydrogen-bond donors (Lipinski definition) is 0. The van der Waals surface area contributed by atoms with Gasteiger partial charge >= 0.3 is 0 Å². The van der Waals surface area contributed by atoms with Crippen molar-refractivity contribution in [3.8, 4) is 0 Å². The molecular formula is C28H28IN3S. The quantitative estimate of drug-likeness (QED) is 0.276. The standard InChI is InChI=1S/C28H28N3S.HI/c1-4-29-23-12-8-9-13-26(23)32-27(29)15-14-22-16-19(3)31-25-18-21-11-7-6-10-20(21)17-24(25)30(5-2)28(22)31;/h6-15,17-19H,4-5,16H2,1-3H3;1H/q+1;/p-1. The van der Waals surface area contributed by atoms with Crippen LogP contribution in [0.1, 0.15) is 32.2 Å². The molecule has 0 saturated carbocycles. The average Bonchev–Trinajstić information content (AvgIpc) is 3.45. The molecule has 33 heavy (non-hydrogen) atoms. The smallest absolute Gasteiger partial charge is 0.262 e.